The quantitative estimate of drug-likeness (QED) is 0.471. The molecule has 2 aromatic carbocycles. The Balaban J connectivity index is 1.77. The number of hydrogen-bond acceptors (Lipinski definition) is 4. The number of rotatable bonds is 5. The summed E-state index contributed by atoms with van der Waals surface area (Å²) in [5.41, 5.74) is -0.833. The summed E-state index contributed by atoms with van der Waals surface area (Å²) in [6.07, 6.45) is -6.17. The van der Waals surface area contributed by atoms with Crippen LogP contribution in [-0.4, -0.2) is 27.8 Å². The van der Waals surface area contributed by atoms with Crippen molar-refractivity contribution in [1.29, 1.82) is 0 Å². The Morgan fingerprint density at radius 2 is 1.78 bits per heavy atom. The van der Waals surface area contributed by atoms with Crippen LogP contribution < -0.4 is 5.32 Å². The Bertz CT molecular complexity index is 1160. The number of alkyl halides is 3. The first-order valence-electron chi connectivity index (χ1n) is 9.18. The highest BCUT2D eigenvalue weighted by Gasteiger charge is 2.35. The third-order valence-corrected chi connectivity index (χ3v) is 4.99. The number of benzene rings is 2. The summed E-state index contributed by atoms with van der Waals surface area (Å²) < 4.78 is 46.1. The van der Waals surface area contributed by atoms with Gasteiger partial charge in [-0.3, -0.25) is 4.79 Å². The molecule has 0 saturated carbocycles. The van der Waals surface area contributed by atoms with Crippen molar-refractivity contribution in [3.05, 3.63) is 75.5 Å². The Kier molecular flexibility index (Phi) is 6.80. The normalized spacial score (nSPS) is 12.3. The minimum atomic E-state index is -4.75. The molecule has 1 amide bonds. The third kappa shape index (κ3) is 5.05. The summed E-state index contributed by atoms with van der Waals surface area (Å²) in [6.45, 7) is 2.76. The van der Waals surface area contributed by atoms with Gasteiger partial charge in [0, 0.05) is 5.02 Å². The number of ether oxygens (including phenoxy) is 1. The molecule has 0 spiro atoms. The van der Waals surface area contributed by atoms with E-state index < -0.39 is 35.4 Å². The van der Waals surface area contributed by atoms with Crippen molar-refractivity contribution in [3.8, 4) is 5.69 Å². The molecule has 0 unspecified atom stereocenters. The van der Waals surface area contributed by atoms with E-state index in [0.29, 0.717) is 11.8 Å². The average Bonchev–Trinajstić information content (AvgIpc) is 3.03. The van der Waals surface area contributed by atoms with E-state index in [-0.39, 0.29) is 21.4 Å². The summed E-state index contributed by atoms with van der Waals surface area (Å²) in [5.74, 6) is -1.90. The first-order chi connectivity index (χ1) is 15.0. The highest BCUT2D eigenvalue weighted by atomic mass is 35.5. The van der Waals surface area contributed by atoms with Crippen LogP contribution in [0.25, 0.3) is 5.69 Å². The van der Waals surface area contributed by atoms with Crippen molar-refractivity contribution in [2.45, 2.75) is 26.1 Å². The fourth-order valence-corrected chi connectivity index (χ4v) is 3.36. The van der Waals surface area contributed by atoms with Crippen LogP contribution in [0.4, 0.5) is 18.9 Å². The monoisotopic (exact) mass is 485 g/mol. The fraction of sp³-hybridized carbons (Fsp3) is 0.190. The molecule has 3 rings (SSSR count). The van der Waals surface area contributed by atoms with Gasteiger partial charge in [-0.25, -0.2) is 9.48 Å². The summed E-state index contributed by atoms with van der Waals surface area (Å²) in [7, 11) is 0. The van der Waals surface area contributed by atoms with Crippen molar-refractivity contribution in [2.24, 2.45) is 0 Å². The summed E-state index contributed by atoms with van der Waals surface area (Å²) in [4.78, 5) is 25.0. The van der Waals surface area contributed by atoms with Crippen LogP contribution in [0.5, 0.6) is 0 Å². The maximum Gasteiger partial charge on any atom is 0.418 e. The van der Waals surface area contributed by atoms with E-state index in [9.17, 15) is 22.8 Å². The Morgan fingerprint density at radius 3 is 2.41 bits per heavy atom. The summed E-state index contributed by atoms with van der Waals surface area (Å²) in [6, 6.07) is 11.7. The van der Waals surface area contributed by atoms with Crippen molar-refractivity contribution < 1.29 is 27.5 Å². The van der Waals surface area contributed by atoms with Crippen molar-refractivity contribution in [2.75, 3.05) is 5.32 Å². The summed E-state index contributed by atoms with van der Waals surface area (Å²) >= 11 is 11.9. The van der Waals surface area contributed by atoms with Gasteiger partial charge in [0.2, 0.25) is 0 Å². The van der Waals surface area contributed by atoms with E-state index in [0.717, 1.165) is 6.07 Å². The Hall–Kier alpha value is -3.04. The molecule has 0 aliphatic carbocycles. The molecule has 6 nitrogen and oxygen atoms in total. The number of aryl methyl sites for hydroxylation is 1. The minimum Gasteiger partial charge on any atom is -0.449 e. The van der Waals surface area contributed by atoms with Crippen LogP contribution in [-0.2, 0) is 15.7 Å². The molecule has 1 N–H and O–H groups in total. The molecule has 1 atom stereocenters. The van der Waals surface area contributed by atoms with Gasteiger partial charge in [0.05, 0.1) is 22.6 Å². The topological polar surface area (TPSA) is 73.2 Å². The van der Waals surface area contributed by atoms with Gasteiger partial charge in [-0.1, -0.05) is 41.4 Å². The molecule has 168 valence electrons. The average molecular weight is 486 g/mol. The van der Waals surface area contributed by atoms with Gasteiger partial charge in [0.15, 0.2) is 6.10 Å². The first-order valence-corrected chi connectivity index (χ1v) is 9.93. The summed E-state index contributed by atoms with van der Waals surface area (Å²) in [5, 5.41) is 6.16. The van der Waals surface area contributed by atoms with Crippen LogP contribution in [0.1, 0.15) is 28.5 Å². The van der Waals surface area contributed by atoms with Gasteiger partial charge < -0.3 is 10.1 Å². The van der Waals surface area contributed by atoms with Gasteiger partial charge in [-0.2, -0.15) is 18.3 Å². The molecule has 1 heterocycles. The smallest absolute Gasteiger partial charge is 0.418 e. The van der Waals surface area contributed by atoms with Gasteiger partial charge in [0.1, 0.15) is 10.7 Å². The fourth-order valence-electron chi connectivity index (χ4n) is 2.84. The van der Waals surface area contributed by atoms with Crippen LogP contribution in [0, 0.1) is 6.92 Å². The first kappa shape index (κ1) is 23.6. The molecule has 11 heteroatoms. The maximum absolute atomic E-state index is 13.2. The lowest BCUT2D eigenvalue weighted by Crippen LogP contribution is -2.31. The number of para-hydroxylation sites is 1. The van der Waals surface area contributed by atoms with Crippen LogP contribution in [0.2, 0.25) is 10.2 Å². The molecule has 0 fully saturated rings. The number of anilines is 1. The van der Waals surface area contributed by atoms with Gasteiger partial charge in [-0.05, 0) is 44.2 Å². The van der Waals surface area contributed by atoms with Crippen molar-refractivity contribution in [1.82, 2.24) is 9.78 Å². The lowest BCUT2D eigenvalue weighted by Gasteiger charge is -2.17. The molecule has 0 bridgehead atoms. The highest BCUT2D eigenvalue weighted by molar-refractivity contribution is 6.33. The molecule has 1 aromatic heterocycles. The maximum atomic E-state index is 13.2. The second-order valence-corrected chi connectivity index (χ2v) is 7.52. The number of hydrogen-bond donors (Lipinski definition) is 1. The second kappa shape index (κ2) is 9.22. The lowest BCUT2D eigenvalue weighted by molar-refractivity contribution is -0.137. The van der Waals surface area contributed by atoms with E-state index in [1.54, 1.807) is 30.3 Å². The molecule has 0 aliphatic rings. The number of amides is 1. The predicted molar refractivity (Wildman–Crippen MR) is 113 cm³/mol. The predicted octanol–water partition coefficient (Wildman–Crippen LogP) is 5.69. The number of halogens is 5. The number of nitrogens with one attached hydrogen (secondary N) is 1. The molecule has 3 aromatic rings. The van der Waals surface area contributed by atoms with E-state index in [1.165, 1.54) is 24.6 Å². The SMILES string of the molecule is Cc1nn(-c2ccccc2)c(Cl)c1C(=O)O[C@H](C)C(=O)Nc1ccc(Cl)cc1C(F)(F)F. The number of esters is 1. The van der Waals surface area contributed by atoms with Crippen LogP contribution in [0.15, 0.2) is 48.5 Å². The number of carbonyl (C=O) groups is 2. The number of nitrogens with zero attached hydrogens (tertiary/aromatic N) is 2. The van der Waals surface area contributed by atoms with Crippen LogP contribution >= 0.6 is 23.2 Å². The van der Waals surface area contributed by atoms with Gasteiger partial charge in [-0.15, -0.1) is 0 Å². The van der Waals surface area contributed by atoms with Crippen molar-refractivity contribution >= 4 is 40.8 Å². The number of aromatic nitrogens is 2. The van der Waals surface area contributed by atoms with Gasteiger partial charge >= 0.3 is 12.1 Å². The van der Waals surface area contributed by atoms with Crippen molar-refractivity contribution in [3.63, 3.8) is 0 Å². The zero-order valence-electron chi connectivity index (χ0n) is 16.7. The van der Waals surface area contributed by atoms with Gasteiger partial charge in [0.25, 0.3) is 5.91 Å². The van der Waals surface area contributed by atoms with Crippen LogP contribution in [0.3, 0.4) is 0 Å². The molecule has 0 saturated heterocycles. The van der Waals surface area contributed by atoms with E-state index in [4.69, 9.17) is 27.9 Å². The molecule has 0 aliphatic heterocycles. The molecular weight excluding hydrogens is 470 g/mol. The minimum absolute atomic E-state index is 0.0247. The lowest BCUT2D eigenvalue weighted by atomic mass is 10.1. The highest BCUT2D eigenvalue weighted by Crippen LogP contribution is 2.36. The zero-order chi connectivity index (χ0) is 23.6. The zero-order valence-corrected chi connectivity index (χ0v) is 18.2. The molecule has 0 radical (unpaired) electrons. The third-order valence-electron chi connectivity index (χ3n) is 4.41. The van der Waals surface area contributed by atoms with E-state index >= 15 is 0 Å². The van der Waals surface area contributed by atoms with E-state index in [1.807, 2.05) is 0 Å². The van der Waals surface area contributed by atoms with E-state index in [2.05, 4.69) is 10.4 Å². The molecular formula is C21H16Cl2F3N3O3. The standard InChI is InChI=1S/C21H16Cl2F3N3O3/c1-11-17(18(23)29(28-11)14-6-4-3-5-7-14)20(31)32-12(2)19(30)27-16-9-8-13(22)10-15(16)21(24,25)26/h3-10,12H,1-2H3,(H,27,30)/t12-/m1/s1. The largest absolute Gasteiger partial charge is 0.449 e. The molecule has 32 heavy (non-hydrogen) atoms. The Labute approximate surface area is 190 Å². The second-order valence-electron chi connectivity index (χ2n) is 6.72. The Morgan fingerprint density at radius 1 is 1.12 bits per heavy atom. The number of carbonyl (C=O) groups excluding carboxylic acids is 2.